The summed E-state index contributed by atoms with van der Waals surface area (Å²) in [6.45, 7) is 2.32. The van der Waals surface area contributed by atoms with Crippen LogP contribution in [0.1, 0.15) is 21.7 Å². The Morgan fingerprint density at radius 3 is 2.94 bits per heavy atom. The van der Waals surface area contributed by atoms with Crippen LogP contribution in [0.2, 0.25) is 0 Å². The molecule has 18 heavy (non-hydrogen) atoms. The number of nitrogens with zero attached hydrogens (tertiary/aromatic N) is 3. The highest BCUT2D eigenvalue weighted by atomic mass is 16.4. The minimum absolute atomic E-state index is 0.110. The van der Waals surface area contributed by atoms with Crippen molar-refractivity contribution in [3.8, 4) is 0 Å². The van der Waals surface area contributed by atoms with E-state index in [-0.39, 0.29) is 5.56 Å². The summed E-state index contributed by atoms with van der Waals surface area (Å²) in [5.74, 6) is -0.0435. The van der Waals surface area contributed by atoms with Gasteiger partial charge < -0.3 is 15.0 Å². The van der Waals surface area contributed by atoms with Crippen molar-refractivity contribution in [2.45, 2.75) is 13.5 Å². The molecule has 0 fully saturated rings. The first-order chi connectivity index (χ1) is 8.58. The Hall–Kier alpha value is -2.37. The summed E-state index contributed by atoms with van der Waals surface area (Å²) in [7, 11) is 1.81. The van der Waals surface area contributed by atoms with Gasteiger partial charge in [-0.3, -0.25) is 0 Å². The van der Waals surface area contributed by atoms with Gasteiger partial charge in [0.25, 0.3) is 0 Å². The maximum absolute atomic E-state index is 11.1. The van der Waals surface area contributed by atoms with E-state index >= 15 is 0 Å². The average Bonchev–Trinajstić information content (AvgIpc) is 2.81. The summed E-state index contributed by atoms with van der Waals surface area (Å²) in [5.41, 5.74) is 1.17. The molecule has 0 saturated carbocycles. The van der Waals surface area contributed by atoms with Crippen molar-refractivity contribution < 1.29 is 9.90 Å². The number of anilines is 1. The smallest absolute Gasteiger partial charge is 0.341 e. The molecule has 6 nitrogen and oxygen atoms in total. The van der Waals surface area contributed by atoms with Crippen LogP contribution in [0.4, 0.5) is 5.82 Å². The maximum atomic E-state index is 11.1. The molecule has 0 unspecified atom stereocenters. The Balaban J connectivity index is 2.31. The molecule has 2 aromatic rings. The molecule has 0 aromatic carbocycles. The zero-order chi connectivity index (χ0) is 13.1. The topological polar surface area (TPSA) is 82.1 Å². The third kappa shape index (κ3) is 2.48. The van der Waals surface area contributed by atoms with Crippen molar-refractivity contribution in [2.75, 3.05) is 11.9 Å². The van der Waals surface area contributed by atoms with Crippen molar-refractivity contribution in [3.63, 3.8) is 0 Å². The number of H-pyrrole nitrogens is 1. The minimum Gasteiger partial charge on any atom is -0.477 e. The van der Waals surface area contributed by atoms with Gasteiger partial charge in [0.15, 0.2) is 0 Å². The van der Waals surface area contributed by atoms with E-state index in [0.717, 1.165) is 5.56 Å². The van der Waals surface area contributed by atoms with Crippen LogP contribution >= 0.6 is 0 Å². The van der Waals surface area contributed by atoms with Crippen LogP contribution in [0, 0.1) is 6.92 Å². The summed E-state index contributed by atoms with van der Waals surface area (Å²) in [6, 6.07) is 1.94. The summed E-state index contributed by atoms with van der Waals surface area (Å²) >= 11 is 0. The molecule has 2 N–H and O–H groups in total. The second-order valence-corrected chi connectivity index (χ2v) is 4.03. The predicted octanol–water partition coefficient (Wildman–Crippen LogP) is 1.45. The Kier molecular flexibility index (Phi) is 3.27. The predicted molar refractivity (Wildman–Crippen MR) is 66.6 cm³/mol. The number of hydrogen-bond donors (Lipinski definition) is 2. The number of aromatic nitrogens is 3. The number of aromatic carboxylic acids is 1. The third-order valence-electron chi connectivity index (χ3n) is 2.56. The molecule has 0 aliphatic rings. The van der Waals surface area contributed by atoms with Crippen molar-refractivity contribution in [1.29, 1.82) is 0 Å². The maximum Gasteiger partial charge on any atom is 0.341 e. The first-order valence-corrected chi connectivity index (χ1v) is 5.47. The van der Waals surface area contributed by atoms with E-state index in [9.17, 15) is 4.79 Å². The molecular formula is C12H14N4O2. The van der Waals surface area contributed by atoms with Gasteiger partial charge in [-0.1, -0.05) is 0 Å². The fourth-order valence-electron chi connectivity index (χ4n) is 1.71. The number of nitrogens with one attached hydrogen (secondary N) is 1. The van der Waals surface area contributed by atoms with Gasteiger partial charge in [-0.25, -0.2) is 14.8 Å². The van der Waals surface area contributed by atoms with Crippen LogP contribution in [0.5, 0.6) is 0 Å². The van der Waals surface area contributed by atoms with E-state index in [1.54, 1.807) is 18.9 Å². The van der Waals surface area contributed by atoms with E-state index in [0.29, 0.717) is 18.2 Å². The Morgan fingerprint density at radius 2 is 2.33 bits per heavy atom. The highest BCUT2D eigenvalue weighted by Gasteiger charge is 2.16. The molecule has 0 saturated heterocycles. The zero-order valence-electron chi connectivity index (χ0n) is 10.2. The Morgan fingerprint density at radius 1 is 1.56 bits per heavy atom. The second kappa shape index (κ2) is 4.87. The average molecular weight is 246 g/mol. The number of aryl methyl sites for hydroxylation is 1. The van der Waals surface area contributed by atoms with Crippen LogP contribution in [0.25, 0.3) is 0 Å². The van der Waals surface area contributed by atoms with E-state index in [1.165, 1.54) is 6.20 Å². The Bertz CT molecular complexity index is 551. The van der Waals surface area contributed by atoms with Crippen molar-refractivity contribution in [2.24, 2.45) is 0 Å². The molecule has 0 amide bonds. The van der Waals surface area contributed by atoms with Crippen LogP contribution in [-0.2, 0) is 6.54 Å². The second-order valence-electron chi connectivity index (χ2n) is 4.03. The Labute approximate surface area is 104 Å². The molecule has 0 bridgehead atoms. The molecule has 94 valence electrons. The highest BCUT2D eigenvalue weighted by Crippen LogP contribution is 2.18. The number of hydrogen-bond acceptors (Lipinski definition) is 4. The molecule has 0 atom stereocenters. The fourth-order valence-corrected chi connectivity index (χ4v) is 1.71. The number of carboxylic acid groups (broad SMARTS) is 1. The first-order valence-electron chi connectivity index (χ1n) is 5.47. The highest BCUT2D eigenvalue weighted by molar-refractivity contribution is 5.92. The lowest BCUT2D eigenvalue weighted by Gasteiger charge is -2.19. The van der Waals surface area contributed by atoms with Gasteiger partial charge in [-0.2, -0.15) is 0 Å². The first kappa shape index (κ1) is 12.1. The summed E-state index contributed by atoms with van der Waals surface area (Å²) in [6.07, 6.45) is 5.03. The molecule has 2 aromatic heterocycles. The van der Waals surface area contributed by atoms with E-state index in [1.807, 2.05) is 18.5 Å². The SMILES string of the molecule is Cc1ncc(C(=O)O)c(N(C)Cc2cc[nH]c2)n1. The summed E-state index contributed by atoms with van der Waals surface area (Å²) in [5, 5.41) is 9.12. The van der Waals surface area contributed by atoms with Gasteiger partial charge in [-0.05, 0) is 18.6 Å². The third-order valence-corrected chi connectivity index (χ3v) is 2.56. The van der Waals surface area contributed by atoms with Crippen molar-refractivity contribution in [1.82, 2.24) is 15.0 Å². The summed E-state index contributed by atoms with van der Waals surface area (Å²) in [4.78, 5) is 24.0. The number of rotatable bonds is 4. The molecule has 0 aliphatic heterocycles. The van der Waals surface area contributed by atoms with E-state index < -0.39 is 5.97 Å². The molecule has 2 heterocycles. The van der Waals surface area contributed by atoms with Crippen LogP contribution in [0.15, 0.2) is 24.7 Å². The minimum atomic E-state index is -1.02. The number of carbonyl (C=O) groups is 1. The normalized spacial score (nSPS) is 10.3. The van der Waals surface area contributed by atoms with Gasteiger partial charge >= 0.3 is 5.97 Å². The fraction of sp³-hybridized carbons (Fsp3) is 0.250. The van der Waals surface area contributed by atoms with Gasteiger partial charge in [0.1, 0.15) is 17.2 Å². The van der Waals surface area contributed by atoms with Gasteiger partial charge in [0.2, 0.25) is 0 Å². The number of carboxylic acids is 1. The van der Waals surface area contributed by atoms with E-state index in [2.05, 4.69) is 15.0 Å². The molecule has 6 heteroatoms. The largest absolute Gasteiger partial charge is 0.477 e. The van der Waals surface area contributed by atoms with Crippen molar-refractivity contribution in [3.05, 3.63) is 41.6 Å². The molecule has 2 rings (SSSR count). The molecular weight excluding hydrogens is 232 g/mol. The van der Waals surface area contributed by atoms with Crippen LogP contribution in [-0.4, -0.2) is 33.1 Å². The zero-order valence-corrected chi connectivity index (χ0v) is 10.2. The lowest BCUT2D eigenvalue weighted by molar-refractivity contribution is 0.0696. The summed E-state index contributed by atoms with van der Waals surface area (Å²) < 4.78 is 0. The molecule has 0 spiro atoms. The monoisotopic (exact) mass is 246 g/mol. The van der Waals surface area contributed by atoms with Gasteiger partial charge in [0.05, 0.1) is 0 Å². The van der Waals surface area contributed by atoms with Gasteiger partial charge in [-0.15, -0.1) is 0 Å². The molecule has 0 aliphatic carbocycles. The van der Waals surface area contributed by atoms with E-state index in [4.69, 9.17) is 5.11 Å². The number of aromatic amines is 1. The van der Waals surface area contributed by atoms with Crippen LogP contribution in [0.3, 0.4) is 0 Å². The van der Waals surface area contributed by atoms with Crippen LogP contribution < -0.4 is 4.90 Å². The lowest BCUT2D eigenvalue weighted by atomic mass is 10.2. The quantitative estimate of drug-likeness (QED) is 0.853. The van der Waals surface area contributed by atoms with Crippen molar-refractivity contribution >= 4 is 11.8 Å². The standard InChI is InChI=1S/C12H14N4O2/c1-8-14-6-10(12(17)18)11(15-8)16(2)7-9-3-4-13-5-9/h3-6,13H,7H2,1-2H3,(H,17,18). The lowest BCUT2D eigenvalue weighted by Crippen LogP contribution is -2.21. The van der Waals surface area contributed by atoms with Gasteiger partial charge in [0, 0.05) is 32.2 Å². The molecule has 0 radical (unpaired) electrons.